The number of carboxylic acid groups (broad SMARTS) is 1. The highest BCUT2D eigenvalue weighted by molar-refractivity contribution is 5.66. The van der Waals surface area contributed by atoms with Crippen molar-refractivity contribution in [2.24, 2.45) is 23.2 Å². The Morgan fingerprint density at radius 3 is 1.96 bits per heavy atom. The number of rotatable bonds is 10. The van der Waals surface area contributed by atoms with E-state index in [2.05, 4.69) is 12.2 Å². The highest BCUT2D eigenvalue weighted by Crippen LogP contribution is 2.60. The minimum Gasteiger partial charge on any atom is -0.481 e. The third-order valence-corrected chi connectivity index (χ3v) is 6.57. The summed E-state index contributed by atoms with van der Waals surface area (Å²) in [6.07, 6.45) is 22.8. The summed E-state index contributed by atoms with van der Waals surface area (Å²) in [5.74, 6) is 2.50. The second-order valence-corrected chi connectivity index (χ2v) is 8.74. The molecule has 0 heterocycles. The van der Waals surface area contributed by atoms with Crippen LogP contribution < -0.4 is 0 Å². The van der Waals surface area contributed by atoms with Crippen LogP contribution >= 0.6 is 0 Å². The van der Waals surface area contributed by atoms with Crippen molar-refractivity contribution >= 4 is 5.97 Å². The highest BCUT2D eigenvalue weighted by Gasteiger charge is 2.49. The van der Waals surface area contributed by atoms with Gasteiger partial charge in [0.05, 0.1) is 0 Å². The third kappa shape index (κ3) is 4.84. The first-order chi connectivity index (χ1) is 11.2. The van der Waals surface area contributed by atoms with Gasteiger partial charge in [-0.05, 0) is 81.0 Å². The summed E-state index contributed by atoms with van der Waals surface area (Å²) >= 11 is 0. The summed E-state index contributed by atoms with van der Waals surface area (Å²) in [5.41, 5.74) is 0.603. The van der Waals surface area contributed by atoms with E-state index in [9.17, 15) is 4.79 Å². The van der Waals surface area contributed by atoms with Crippen molar-refractivity contribution in [3.05, 3.63) is 12.2 Å². The largest absolute Gasteiger partial charge is 0.481 e. The zero-order valence-electron chi connectivity index (χ0n) is 14.6. The summed E-state index contributed by atoms with van der Waals surface area (Å²) in [4.78, 5) is 10.4. The predicted molar refractivity (Wildman–Crippen MR) is 94.3 cm³/mol. The Hall–Kier alpha value is -0.790. The standard InChI is InChI=1S/C21H34O2/c22-20(23)9-7-5-3-1-2-4-6-8-10-21-14-17-11-18(15-21)13-19(12-17)16-21/h8,10,17-19H,1-7,9,11-16H2,(H,22,23). The van der Waals surface area contributed by atoms with Gasteiger partial charge in [-0.15, -0.1) is 0 Å². The number of hydrogen-bond donors (Lipinski definition) is 1. The van der Waals surface area contributed by atoms with Crippen LogP contribution in [0.25, 0.3) is 0 Å². The van der Waals surface area contributed by atoms with Crippen molar-refractivity contribution in [1.29, 1.82) is 0 Å². The fourth-order valence-corrected chi connectivity index (χ4v) is 5.96. The molecular weight excluding hydrogens is 284 g/mol. The van der Waals surface area contributed by atoms with Gasteiger partial charge in [0.15, 0.2) is 0 Å². The number of hydrogen-bond acceptors (Lipinski definition) is 1. The molecule has 0 atom stereocenters. The number of allylic oxidation sites excluding steroid dienone is 2. The predicted octanol–water partition coefficient (Wildman–Crippen LogP) is 5.96. The van der Waals surface area contributed by atoms with Crippen molar-refractivity contribution in [3.63, 3.8) is 0 Å². The fraction of sp³-hybridized carbons (Fsp3) is 0.857. The topological polar surface area (TPSA) is 37.3 Å². The Balaban J connectivity index is 1.26. The maximum atomic E-state index is 10.4. The molecule has 1 N–H and O–H groups in total. The first kappa shape index (κ1) is 17.0. The van der Waals surface area contributed by atoms with E-state index in [1.807, 2.05) is 0 Å². The van der Waals surface area contributed by atoms with E-state index in [-0.39, 0.29) is 0 Å². The molecule has 0 unspecified atom stereocenters. The molecule has 0 aliphatic heterocycles. The molecule has 2 nitrogen and oxygen atoms in total. The molecule has 4 aliphatic rings. The number of aliphatic carboxylic acids is 1. The second-order valence-electron chi connectivity index (χ2n) is 8.74. The minimum absolute atomic E-state index is 0.341. The molecule has 0 spiro atoms. The number of unbranched alkanes of at least 4 members (excludes halogenated alkanes) is 6. The van der Waals surface area contributed by atoms with Crippen LogP contribution in [0.1, 0.15) is 89.9 Å². The van der Waals surface area contributed by atoms with E-state index in [1.54, 1.807) is 0 Å². The summed E-state index contributed by atoms with van der Waals surface area (Å²) in [6.45, 7) is 0. The number of carbonyl (C=O) groups is 1. The lowest BCUT2D eigenvalue weighted by Crippen LogP contribution is -2.44. The van der Waals surface area contributed by atoms with Gasteiger partial charge in [0.1, 0.15) is 0 Å². The lowest BCUT2D eigenvalue weighted by Gasteiger charge is -2.56. The molecule has 0 radical (unpaired) electrons. The van der Waals surface area contributed by atoms with Crippen LogP contribution in [-0.4, -0.2) is 11.1 Å². The Labute approximate surface area is 141 Å². The zero-order chi connectivity index (χ0) is 16.1. The Kier molecular flexibility index (Phi) is 5.82. The first-order valence-electron chi connectivity index (χ1n) is 10.0. The molecule has 0 aromatic carbocycles. The quantitative estimate of drug-likeness (QED) is 0.398. The Morgan fingerprint density at radius 1 is 0.870 bits per heavy atom. The molecular formula is C21H34O2. The van der Waals surface area contributed by atoms with Gasteiger partial charge in [0.2, 0.25) is 0 Å². The van der Waals surface area contributed by atoms with Gasteiger partial charge in [-0.2, -0.15) is 0 Å². The maximum Gasteiger partial charge on any atom is 0.303 e. The highest BCUT2D eigenvalue weighted by atomic mass is 16.4. The van der Waals surface area contributed by atoms with E-state index in [1.165, 1.54) is 70.6 Å². The molecule has 0 aromatic heterocycles. The third-order valence-electron chi connectivity index (χ3n) is 6.57. The number of carboxylic acids is 1. The van der Waals surface area contributed by atoms with E-state index in [0.717, 1.165) is 30.6 Å². The Bertz CT molecular complexity index is 388. The zero-order valence-corrected chi connectivity index (χ0v) is 14.6. The molecule has 130 valence electrons. The summed E-state index contributed by atoms with van der Waals surface area (Å²) in [5, 5.41) is 8.59. The van der Waals surface area contributed by atoms with Crippen molar-refractivity contribution in [1.82, 2.24) is 0 Å². The van der Waals surface area contributed by atoms with Crippen LogP contribution in [0.4, 0.5) is 0 Å². The van der Waals surface area contributed by atoms with Crippen LogP contribution in [0.5, 0.6) is 0 Å². The van der Waals surface area contributed by atoms with E-state index in [4.69, 9.17) is 5.11 Å². The van der Waals surface area contributed by atoms with E-state index >= 15 is 0 Å². The van der Waals surface area contributed by atoms with Gasteiger partial charge in [-0.25, -0.2) is 0 Å². The van der Waals surface area contributed by atoms with Gasteiger partial charge in [0, 0.05) is 6.42 Å². The second kappa shape index (κ2) is 7.85. The molecule has 4 bridgehead atoms. The molecule has 23 heavy (non-hydrogen) atoms. The average Bonchev–Trinajstić information content (AvgIpc) is 2.47. The molecule has 4 aliphatic carbocycles. The first-order valence-corrected chi connectivity index (χ1v) is 10.0. The monoisotopic (exact) mass is 318 g/mol. The lowest BCUT2D eigenvalue weighted by atomic mass is 9.49. The van der Waals surface area contributed by atoms with Gasteiger partial charge < -0.3 is 5.11 Å². The van der Waals surface area contributed by atoms with Crippen LogP contribution in [0.3, 0.4) is 0 Å². The fourth-order valence-electron chi connectivity index (χ4n) is 5.96. The minimum atomic E-state index is -0.653. The molecule has 0 amide bonds. The summed E-state index contributed by atoms with van der Waals surface area (Å²) in [7, 11) is 0. The smallest absolute Gasteiger partial charge is 0.303 e. The van der Waals surface area contributed by atoms with Gasteiger partial charge >= 0.3 is 5.97 Å². The molecule has 4 saturated carbocycles. The van der Waals surface area contributed by atoms with Gasteiger partial charge in [-0.1, -0.05) is 37.8 Å². The van der Waals surface area contributed by atoms with Crippen LogP contribution in [0.15, 0.2) is 12.2 Å². The van der Waals surface area contributed by atoms with Crippen molar-refractivity contribution < 1.29 is 9.90 Å². The molecule has 4 fully saturated rings. The van der Waals surface area contributed by atoms with E-state index < -0.39 is 5.97 Å². The van der Waals surface area contributed by atoms with Gasteiger partial charge in [0.25, 0.3) is 0 Å². The van der Waals surface area contributed by atoms with E-state index in [0.29, 0.717) is 11.8 Å². The maximum absolute atomic E-state index is 10.4. The van der Waals surface area contributed by atoms with Crippen LogP contribution in [0.2, 0.25) is 0 Å². The summed E-state index contributed by atoms with van der Waals surface area (Å²) in [6, 6.07) is 0. The normalized spacial score (nSPS) is 35.2. The van der Waals surface area contributed by atoms with Crippen LogP contribution in [-0.2, 0) is 4.79 Å². The lowest BCUT2D eigenvalue weighted by molar-refractivity contribution is -0.137. The van der Waals surface area contributed by atoms with Crippen LogP contribution in [0, 0.1) is 23.2 Å². The molecule has 0 aromatic rings. The molecule has 4 rings (SSSR count). The van der Waals surface area contributed by atoms with Crippen molar-refractivity contribution in [2.45, 2.75) is 89.9 Å². The van der Waals surface area contributed by atoms with Crippen molar-refractivity contribution in [3.8, 4) is 0 Å². The molecule has 0 saturated heterocycles. The summed E-state index contributed by atoms with van der Waals surface area (Å²) < 4.78 is 0. The van der Waals surface area contributed by atoms with Crippen molar-refractivity contribution in [2.75, 3.05) is 0 Å². The SMILES string of the molecule is O=C(O)CCCCCCCCC=CC12CC3CC(CC(C3)C1)C2. The molecule has 2 heteroatoms. The Morgan fingerprint density at radius 2 is 1.39 bits per heavy atom. The van der Waals surface area contributed by atoms with Gasteiger partial charge in [-0.3, -0.25) is 4.79 Å². The average molecular weight is 319 g/mol.